The molecule has 0 saturated heterocycles. The van der Waals surface area contributed by atoms with Crippen LogP contribution < -0.4 is 16.0 Å². The van der Waals surface area contributed by atoms with Gasteiger partial charge in [0.1, 0.15) is 29.1 Å². The van der Waals surface area contributed by atoms with Crippen LogP contribution in [0.2, 0.25) is 0 Å². The van der Waals surface area contributed by atoms with Crippen molar-refractivity contribution in [2.45, 2.75) is 0 Å². The first-order valence-electron chi connectivity index (χ1n) is 5.46. The first-order valence-corrected chi connectivity index (χ1v) is 5.46. The second kappa shape index (κ2) is 5.12. The van der Waals surface area contributed by atoms with Gasteiger partial charge in [0, 0.05) is 6.20 Å². The molecule has 0 aliphatic carbocycles. The third-order valence-corrected chi connectivity index (χ3v) is 2.64. The fraction of sp³-hybridized carbons (Fsp3) is 0.0769. The van der Waals surface area contributed by atoms with E-state index in [-0.39, 0.29) is 22.6 Å². The van der Waals surface area contributed by atoms with Crippen molar-refractivity contribution in [3.63, 3.8) is 0 Å². The van der Waals surface area contributed by atoms with Crippen LogP contribution >= 0.6 is 0 Å². The Morgan fingerprint density at radius 1 is 1.20 bits per heavy atom. The van der Waals surface area contributed by atoms with E-state index in [4.69, 9.17) is 15.3 Å². The van der Waals surface area contributed by atoms with Crippen molar-refractivity contribution in [2.75, 3.05) is 7.11 Å². The van der Waals surface area contributed by atoms with Crippen molar-refractivity contribution < 1.29 is 4.74 Å². The molecule has 7 nitrogen and oxygen atoms in total. The Morgan fingerprint density at radius 2 is 1.90 bits per heavy atom. The van der Waals surface area contributed by atoms with Crippen molar-refractivity contribution in [3.8, 4) is 23.6 Å². The fourth-order valence-electron chi connectivity index (χ4n) is 1.74. The molecule has 20 heavy (non-hydrogen) atoms. The number of nitriles is 2. The standard InChI is InChI=1S/C13H8N4O3/c1-20-10-4-2-3-8(5-14)11(10)17-7-9(6-15)12(18)16-13(17)19/h2-4,7H,1H3,(H,16,18,19). The number of ether oxygens (including phenoxy) is 1. The van der Waals surface area contributed by atoms with Gasteiger partial charge < -0.3 is 4.74 Å². The zero-order chi connectivity index (χ0) is 14.7. The summed E-state index contributed by atoms with van der Waals surface area (Å²) in [5.41, 5.74) is -1.41. The minimum Gasteiger partial charge on any atom is -0.495 e. The van der Waals surface area contributed by atoms with Crippen LogP contribution in [0.5, 0.6) is 5.75 Å². The van der Waals surface area contributed by atoms with Gasteiger partial charge in [0.2, 0.25) is 0 Å². The normalized spacial score (nSPS) is 9.55. The molecule has 0 saturated carbocycles. The molecule has 1 heterocycles. The summed E-state index contributed by atoms with van der Waals surface area (Å²) in [6.07, 6.45) is 1.08. The number of methoxy groups -OCH3 is 1. The molecule has 0 unspecified atom stereocenters. The third-order valence-electron chi connectivity index (χ3n) is 2.64. The average molecular weight is 268 g/mol. The van der Waals surface area contributed by atoms with Crippen molar-refractivity contribution in [1.29, 1.82) is 10.5 Å². The molecule has 0 aliphatic heterocycles. The highest BCUT2D eigenvalue weighted by Crippen LogP contribution is 2.24. The number of hydrogen-bond donors (Lipinski definition) is 1. The van der Waals surface area contributed by atoms with E-state index < -0.39 is 11.2 Å². The number of hydrogen-bond acceptors (Lipinski definition) is 5. The Hall–Kier alpha value is -3.32. The highest BCUT2D eigenvalue weighted by Gasteiger charge is 2.14. The van der Waals surface area contributed by atoms with E-state index in [1.54, 1.807) is 18.2 Å². The van der Waals surface area contributed by atoms with Crippen LogP contribution in [-0.2, 0) is 0 Å². The number of rotatable bonds is 2. The van der Waals surface area contributed by atoms with Crippen molar-refractivity contribution >= 4 is 0 Å². The molecule has 2 aromatic rings. The summed E-state index contributed by atoms with van der Waals surface area (Å²) in [5, 5.41) is 18.0. The lowest BCUT2D eigenvalue weighted by Gasteiger charge is -2.11. The third kappa shape index (κ3) is 2.04. The molecular formula is C13H8N4O3. The van der Waals surface area contributed by atoms with E-state index in [0.29, 0.717) is 0 Å². The SMILES string of the molecule is COc1cccc(C#N)c1-n1cc(C#N)c(=O)[nH]c1=O. The van der Waals surface area contributed by atoms with Gasteiger partial charge in [-0.15, -0.1) is 0 Å². The van der Waals surface area contributed by atoms with Crippen molar-refractivity contribution in [2.24, 2.45) is 0 Å². The minimum absolute atomic E-state index is 0.176. The summed E-state index contributed by atoms with van der Waals surface area (Å²) in [6, 6.07) is 8.28. The molecule has 0 atom stereocenters. The first-order chi connectivity index (χ1) is 9.62. The highest BCUT2D eigenvalue weighted by molar-refractivity contribution is 5.58. The summed E-state index contributed by atoms with van der Waals surface area (Å²) < 4.78 is 6.13. The minimum atomic E-state index is -0.776. The smallest absolute Gasteiger partial charge is 0.333 e. The lowest BCUT2D eigenvalue weighted by molar-refractivity contribution is 0.412. The van der Waals surface area contributed by atoms with E-state index in [1.807, 2.05) is 11.1 Å². The van der Waals surface area contributed by atoms with Crippen LogP contribution in [-0.4, -0.2) is 16.7 Å². The Kier molecular flexibility index (Phi) is 3.36. The molecule has 0 fully saturated rings. The van der Waals surface area contributed by atoms with Gasteiger partial charge in [-0.1, -0.05) is 6.07 Å². The van der Waals surface area contributed by atoms with Gasteiger partial charge >= 0.3 is 5.69 Å². The molecule has 0 amide bonds. The number of nitrogens with zero attached hydrogens (tertiary/aromatic N) is 3. The van der Waals surface area contributed by atoms with E-state index in [0.717, 1.165) is 10.8 Å². The number of para-hydroxylation sites is 1. The van der Waals surface area contributed by atoms with E-state index in [1.165, 1.54) is 13.2 Å². The van der Waals surface area contributed by atoms with E-state index in [2.05, 4.69) is 0 Å². The first kappa shape index (κ1) is 13.1. The number of nitrogens with one attached hydrogen (secondary N) is 1. The zero-order valence-electron chi connectivity index (χ0n) is 10.4. The number of H-pyrrole nitrogens is 1. The van der Waals surface area contributed by atoms with Gasteiger partial charge in [-0.3, -0.25) is 14.3 Å². The lowest BCUT2D eigenvalue weighted by Crippen LogP contribution is -2.30. The maximum Gasteiger partial charge on any atom is 0.333 e. The Morgan fingerprint density at radius 3 is 2.50 bits per heavy atom. The van der Waals surface area contributed by atoms with Gasteiger partial charge in [0.05, 0.1) is 12.7 Å². The Bertz CT molecular complexity index is 865. The van der Waals surface area contributed by atoms with Crippen molar-refractivity contribution in [3.05, 3.63) is 56.4 Å². The second-order valence-corrected chi connectivity index (χ2v) is 3.75. The molecule has 1 aromatic carbocycles. The van der Waals surface area contributed by atoms with Crippen LogP contribution in [0.4, 0.5) is 0 Å². The molecule has 1 N–H and O–H groups in total. The molecule has 0 bridgehead atoms. The summed E-state index contributed by atoms with van der Waals surface area (Å²) >= 11 is 0. The largest absolute Gasteiger partial charge is 0.495 e. The van der Waals surface area contributed by atoms with E-state index >= 15 is 0 Å². The molecule has 0 aliphatic rings. The average Bonchev–Trinajstić information content (AvgIpc) is 2.46. The second-order valence-electron chi connectivity index (χ2n) is 3.75. The molecule has 7 heteroatoms. The predicted octanol–water partition coefficient (Wildman–Crippen LogP) is 0.278. The monoisotopic (exact) mass is 268 g/mol. The molecule has 0 spiro atoms. The Balaban J connectivity index is 2.89. The van der Waals surface area contributed by atoms with Gasteiger partial charge in [-0.05, 0) is 12.1 Å². The summed E-state index contributed by atoms with van der Waals surface area (Å²) in [5.74, 6) is 0.280. The van der Waals surface area contributed by atoms with Crippen LogP contribution in [0.3, 0.4) is 0 Å². The Labute approximate surface area is 112 Å². The van der Waals surface area contributed by atoms with Gasteiger partial charge in [-0.2, -0.15) is 10.5 Å². The van der Waals surface area contributed by atoms with Crippen LogP contribution in [0.15, 0.2) is 34.0 Å². The van der Waals surface area contributed by atoms with Crippen LogP contribution in [0.25, 0.3) is 5.69 Å². The lowest BCUT2D eigenvalue weighted by atomic mass is 10.1. The maximum absolute atomic E-state index is 11.9. The maximum atomic E-state index is 11.9. The van der Waals surface area contributed by atoms with E-state index in [9.17, 15) is 9.59 Å². The van der Waals surface area contributed by atoms with Crippen molar-refractivity contribution in [1.82, 2.24) is 9.55 Å². The highest BCUT2D eigenvalue weighted by atomic mass is 16.5. The molecule has 98 valence electrons. The number of aromatic nitrogens is 2. The molecule has 1 aromatic heterocycles. The number of benzene rings is 1. The topological polar surface area (TPSA) is 112 Å². The zero-order valence-corrected chi connectivity index (χ0v) is 10.4. The summed E-state index contributed by atoms with van der Waals surface area (Å²) in [7, 11) is 1.39. The van der Waals surface area contributed by atoms with Crippen LogP contribution in [0.1, 0.15) is 11.1 Å². The summed E-state index contributed by atoms with van der Waals surface area (Å²) in [4.78, 5) is 25.3. The molecule has 2 rings (SSSR count). The van der Waals surface area contributed by atoms with Gasteiger partial charge in [0.25, 0.3) is 5.56 Å². The molecule has 0 radical (unpaired) electrons. The van der Waals surface area contributed by atoms with Crippen LogP contribution in [0, 0.1) is 22.7 Å². The predicted molar refractivity (Wildman–Crippen MR) is 68.6 cm³/mol. The van der Waals surface area contributed by atoms with Gasteiger partial charge in [-0.25, -0.2) is 4.79 Å². The quantitative estimate of drug-likeness (QED) is 0.840. The number of aromatic amines is 1. The fourth-order valence-corrected chi connectivity index (χ4v) is 1.74. The van der Waals surface area contributed by atoms with Gasteiger partial charge in [0.15, 0.2) is 0 Å². The summed E-state index contributed by atoms with van der Waals surface area (Å²) in [6.45, 7) is 0. The molecular weight excluding hydrogens is 260 g/mol.